The summed E-state index contributed by atoms with van der Waals surface area (Å²) in [6.07, 6.45) is 2.28. The highest BCUT2D eigenvalue weighted by Crippen LogP contribution is 2.36. The molecule has 1 aliphatic heterocycles. The van der Waals surface area contributed by atoms with Crippen LogP contribution in [0, 0.1) is 5.92 Å². The number of carboxylic acids is 1. The van der Waals surface area contributed by atoms with Crippen LogP contribution in [0.15, 0.2) is 30.3 Å². The smallest absolute Gasteiger partial charge is 0.329 e. The van der Waals surface area contributed by atoms with Crippen molar-refractivity contribution in [2.24, 2.45) is 5.92 Å². The molecule has 0 aromatic heterocycles. The van der Waals surface area contributed by atoms with E-state index in [4.69, 9.17) is 16.3 Å². The fourth-order valence-electron chi connectivity index (χ4n) is 3.49. The van der Waals surface area contributed by atoms with Crippen LogP contribution in [0.1, 0.15) is 43.5 Å². The number of halogens is 1. The molecule has 29 heavy (non-hydrogen) atoms. The molecule has 1 amide bonds. The number of nitrogens with one attached hydrogen (secondary N) is 2. The van der Waals surface area contributed by atoms with Crippen LogP contribution in [0.3, 0.4) is 0 Å². The summed E-state index contributed by atoms with van der Waals surface area (Å²) in [6.45, 7) is 5.62. The molecule has 3 N–H and O–H groups in total. The van der Waals surface area contributed by atoms with Gasteiger partial charge >= 0.3 is 5.97 Å². The molecule has 6 nitrogen and oxygen atoms in total. The van der Waals surface area contributed by atoms with Crippen molar-refractivity contribution in [3.8, 4) is 5.75 Å². The normalized spacial score (nSPS) is 16.9. The van der Waals surface area contributed by atoms with Gasteiger partial charge in [-0.2, -0.15) is 0 Å². The Morgan fingerprint density at radius 1 is 1.28 bits per heavy atom. The van der Waals surface area contributed by atoms with Crippen molar-refractivity contribution in [1.29, 1.82) is 0 Å². The van der Waals surface area contributed by atoms with Crippen molar-refractivity contribution in [1.82, 2.24) is 10.6 Å². The molecule has 0 saturated carbocycles. The van der Waals surface area contributed by atoms with Gasteiger partial charge < -0.3 is 20.5 Å². The molecule has 2 aromatic carbocycles. The molecule has 0 bridgehead atoms. The molecule has 7 heteroatoms. The molecule has 3 rings (SSSR count). The average molecular weight is 419 g/mol. The molecular weight excluding hydrogens is 392 g/mol. The second-order valence-electron chi connectivity index (χ2n) is 7.73. The third kappa shape index (κ3) is 4.65. The van der Waals surface area contributed by atoms with E-state index in [0.717, 1.165) is 36.7 Å². The van der Waals surface area contributed by atoms with Gasteiger partial charge in [0.2, 0.25) is 0 Å². The number of carboxylic acid groups (broad SMARTS) is 1. The maximum atomic E-state index is 13.1. The first kappa shape index (κ1) is 21.4. The molecular formula is C22H27ClN2O4. The molecule has 1 aliphatic rings. The van der Waals surface area contributed by atoms with Crippen LogP contribution >= 0.6 is 11.6 Å². The highest BCUT2D eigenvalue weighted by atomic mass is 35.5. The number of benzene rings is 2. The monoisotopic (exact) mass is 418 g/mol. The summed E-state index contributed by atoms with van der Waals surface area (Å²) in [7, 11) is 0. The van der Waals surface area contributed by atoms with Gasteiger partial charge in [0.25, 0.3) is 5.91 Å². The van der Waals surface area contributed by atoms with E-state index in [1.165, 1.54) is 6.92 Å². The Bertz CT molecular complexity index is 911. The third-order valence-corrected chi connectivity index (χ3v) is 5.99. The fraction of sp³-hybridized carbons (Fsp3) is 0.455. The van der Waals surface area contributed by atoms with Crippen molar-refractivity contribution in [2.45, 2.75) is 38.6 Å². The minimum atomic E-state index is -1.37. The number of hydrogen-bond donors (Lipinski definition) is 3. The van der Waals surface area contributed by atoms with Gasteiger partial charge in [-0.3, -0.25) is 4.79 Å². The minimum Gasteiger partial charge on any atom is -0.492 e. The molecule has 1 atom stereocenters. The van der Waals surface area contributed by atoms with Crippen LogP contribution in [0.2, 0.25) is 5.02 Å². The second-order valence-corrected chi connectivity index (χ2v) is 8.14. The molecule has 0 spiro atoms. The summed E-state index contributed by atoms with van der Waals surface area (Å²) in [5.74, 6) is -0.742. The minimum absolute atomic E-state index is 0.251. The van der Waals surface area contributed by atoms with E-state index >= 15 is 0 Å². The highest BCUT2D eigenvalue weighted by molar-refractivity contribution is 6.36. The summed E-state index contributed by atoms with van der Waals surface area (Å²) in [5.41, 5.74) is -1.12. The number of ether oxygens (including phenoxy) is 1. The van der Waals surface area contributed by atoms with Crippen LogP contribution in [0.5, 0.6) is 5.75 Å². The van der Waals surface area contributed by atoms with Crippen LogP contribution in [0.4, 0.5) is 0 Å². The summed E-state index contributed by atoms with van der Waals surface area (Å²) >= 11 is 6.43. The summed E-state index contributed by atoms with van der Waals surface area (Å²) < 4.78 is 6.18. The molecule has 1 heterocycles. The number of carbonyl (C=O) groups is 2. The van der Waals surface area contributed by atoms with Gasteiger partial charge in [0.1, 0.15) is 11.3 Å². The molecule has 1 saturated heterocycles. The Morgan fingerprint density at radius 3 is 2.55 bits per heavy atom. The van der Waals surface area contributed by atoms with Crippen LogP contribution in [-0.4, -0.2) is 42.2 Å². The van der Waals surface area contributed by atoms with Gasteiger partial charge in [0.05, 0.1) is 12.2 Å². The van der Waals surface area contributed by atoms with Crippen molar-refractivity contribution in [2.75, 3.05) is 19.7 Å². The predicted molar refractivity (Wildman–Crippen MR) is 114 cm³/mol. The SMILES string of the molecule is CCC(C)(NC(=O)c1cc(Cl)c2ccccc2c1OCC1CCNCC1)C(=O)O. The predicted octanol–water partition coefficient (Wildman–Crippen LogP) is 3.85. The lowest BCUT2D eigenvalue weighted by molar-refractivity contribution is -0.143. The zero-order chi connectivity index (χ0) is 21.0. The largest absolute Gasteiger partial charge is 0.492 e. The summed E-state index contributed by atoms with van der Waals surface area (Å²) in [4.78, 5) is 24.7. The number of piperidine rings is 1. The Labute approximate surface area is 175 Å². The topological polar surface area (TPSA) is 87.7 Å². The van der Waals surface area contributed by atoms with Gasteiger partial charge in [-0.05, 0) is 51.3 Å². The number of rotatable bonds is 7. The summed E-state index contributed by atoms with van der Waals surface area (Å²) in [5, 5.41) is 17.5. The fourth-order valence-corrected chi connectivity index (χ4v) is 3.76. The third-order valence-electron chi connectivity index (χ3n) is 5.68. The second kappa shape index (κ2) is 9.01. The van der Waals surface area contributed by atoms with Gasteiger partial charge in [-0.15, -0.1) is 0 Å². The number of amides is 1. The van der Waals surface area contributed by atoms with Gasteiger partial charge in [-0.25, -0.2) is 4.79 Å². The quantitative estimate of drug-likeness (QED) is 0.635. The highest BCUT2D eigenvalue weighted by Gasteiger charge is 2.34. The maximum Gasteiger partial charge on any atom is 0.329 e. The first-order chi connectivity index (χ1) is 13.9. The first-order valence-corrected chi connectivity index (χ1v) is 10.3. The molecule has 2 aromatic rings. The first-order valence-electron chi connectivity index (χ1n) is 9.96. The zero-order valence-corrected chi connectivity index (χ0v) is 17.5. The molecule has 0 aliphatic carbocycles. The Kier molecular flexibility index (Phi) is 6.65. The lowest BCUT2D eigenvalue weighted by Crippen LogP contribution is -2.51. The van der Waals surface area contributed by atoms with Crippen molar-refractivity contribution in [3.05, 3.63) is 40.9 Å². The van der Waals surface area contributed by atoms with E-state index in [2.05, 4.69) is 10.6 Å². The average Bonchev–Trinajstić information content (AvgIpc) is 2.73. The van der Waals surface area contributed by atoms with E-state index in [1.807, 2.05) is 24.3 Å². The Balaban J connectivity index is 1.98. The van der Waals surface area contributed by atoms with E-state index in [-0.39, 0.29) is 12.0 Å². The van der Waals surface area contributed by atoms with E-state index in [0.29, 0.717) is 23.3 Å². The van der Waals surface area contributed by atoms with Crippen LogP contribution in [-0.2, 0) is 4.79 Å². The Hall–Kier alpha value is -2.31. The standard InChI is InChI=1S/C22H27ClN2O4/c1-3-22(2,21(27)28)25-20(26)17-12-18(23)15-6-4-5-7-16(15)19(17)29-13-14-8-10-24-11-9-14/h4-7,12,14,24H,3,8-11,13H2,1-2H3,(H,25,26)(H,27,28). The summed E-state index contributed by atoms with van der Waals surface area (Å²) in [6, 6.07) is 9.05. The van der Waals surface area contributed by atoms with Gasteiger partial charge in [0.15, 0.2) is 0 Å². The molecule has 1 fully saturated rings. The van der Waals surface area contributed by atoms with E-state index < -0.39 is 17.4 Å². The number of carbonyl (C=O) groups excluding carboxylic acids is 1. The van der Waals surface area contributed by atoms with Crippen LogP contribution < -0.4 is 15.4 Å². The molecule has 1 unspecified atom stereocenters. The zero-order valence-electron chi connectivity index (χ0n) is 16.8. The van der Waals surface area contributed by atoms with Gasteiger partial charge in [0, 0.05) is 15.8 Å². The van der Waals surface area contributed by atoms with Crippen molar-refractivity contribution in [3.63, 3.8) is 0 Å². The van der Waals surface area contributed by atoms with Crippen LogP contribution in [0.25, 0.3) is 10.8 Å². The van der Waals surface area contributed by atoms with E-state index in [1.54, 1.807) is 13.0 Å². The van der Waals surface area contributed by atoms with E-state index in [9.17, 15) is 14.7 Å². The lowest BCUT2D eigenvalue weighted by atomic mass is 9.97. The number of hydrogen-bond acceptors (Lipinski definition) is 4. The number of aliphatic carboxylic acids is 1. The van der Waals surface area contributed by atoms with Crippen molar-refractivity contribution >= 4 is 34.2 Å². The lowest BCUT2D eigenvalue weighted by Gasteiger charge is -2.26. The van der Waals surface area contributed by atoms with Crippen molar-refractivity contribution < 1.29 is 19.4 Å². The molecule has 156 valence electrons. The maximum absolute atomic E-state index is 13.1. The molecule has 0 radical (unpaired) electrons. The van der Waals surface area contributed by atoms with Gasteiger partial charge in [-0.1, -0.05) is 42.8 Å². The Morgan fingerprint density at radius 2 is 1.93 bits per heavy atom. The number of fused-ring (bicyclic) bond motifs is 1.